The number of nitrogens with one attached hydrogen (secondary N) is 1. The quantitative estimate of drug-likeness (QED) is 0.727. The van der Waals surface area contributed by atoms with Crippen LogP contribution in [-0.4, -0.2) is 37.5 Å². The average molecular weight is 199 g/mol. The number of hydrogen-bond acceptors (Lipinski definition) is 3. The number of rotatable bonds is 2. The van der Waals surface area contributed by atoms with Crippen molar-refractivity contribution in [3.63, 3.8) is 0 Å². The van der Waals surface area contributed by atoms with Gasteiger partial charge in [0, 0.05) is 6.61 Å². The molecule has 3 nitrogen and oxygen atoms in total. The number of piperidine rings is 1. The van der Waals surface area contributed by atoms with Crippen molar-refractivity contribution < 1.29 is 9.47 Å². The van der Waals surface area contributed by atoms with Gasteiger partial charge in [0.15, 0.2) is 0 Å². The molecule has 2 aliphatic heterocycles. The standard InChI is InChI=1S/C11H21NO2/c1-9-10(3-8-13-9)14-11(2)4-6-12-7-5-11/h9-10,12H,3-8H2,1-2H3. The van der Waals surface area contributed by atoms with Gasteiger partial charge in [0.25, 0.3) is 0 Å². The summed E-state index contributed by atoms with van der Waals surface area (Å²) in [6.07, 6.45) is 3.90. The predicted molar refractivity (Wildman–Crippen MR) is 55.4 cm³/mol. The maximum absolute atomic E-state index is 6.19. The molecule has 2 unspecified atom stereocenters. The van der Waals surface area contributed by atoms with Crippen LogP contribution in [0.4, 0.5) is 0 Å². The Bertz CT molecular complexity index is 190. The Morgan fingerprint density at radius 2 is 2.07 bits per heavy atom. The van der Waals surface area contributed by atoms with Crippen LogP contribution in [0.5, 0.6) is 0 Å². The summed E-state index contributed by atoms with van der Waals surface area (Å²) in [6.45, 7) is 7.37. The lowest BCUT2D eigenvalue weighted by Crippen LogP contribution is -2.45. The fourth-order valence-electron chi connectivity index (χ4n) is 2.31. The van der Waals surface area contributed by atoms with E-state index in [1.807, 2.05) is 0 Å². The second kappa shape index (κ2) is 4.17. The van der Waals surface area contributed by atoms with E-state index in [0.717, 1.165) is 39.0 Å². The molecule has 82 valence electrons. The minimum absolute atomic E-state index is 0.0812. The molecule has 3 heteroatoms. The zero-order valence-electron chi connectivity index (χ0n) is 9.21. The monoisotopic (exact) mass is 199 g/mol. The average Bonchev–Trinajstić information content (AvgIpc) is 2.52. The second-order valence-electron chi connectivity index (χ2n) is 4.72. The van der Waals surface area contributed by atoms with Crippen LogP contribution < -0.4 is 5.32 Å². The van der Waals surface area contributed by atoms with Gasteiger partial charge in [-0.15, -0.1) is 0 Å². The molecular weight excluding hydrogens is 178 g/mol. The first-order valence-electron chi connectivity index (χ1n) is 5.70. The smallest absolute Gasteiger partial charge is 0.0863 e. The lowest BCUT2D eigenvalue weighted by Gasteiger charge is -2.37. The van der Waals surface area contributed by atoms with E-state index in [9.17, 15) is 0 Å². The van der Waals surface area contributed by atoms with Crippen molar-refractivity contribution >= 4 is 0 Å². The van der Waals surface area contributed by atoms with Gasteiger partial charge < -0.3 is 14.8 Å². The van der Waals surface area contributed by atoms with Crippen molar-refractivity contribution in [3.8, 4) is 0 Å². The largest absolute Gasteiger partial charge is 0.376 e. The topological polar surface area (TPSA) is 30.5 Å². The van der Waals surface area contributed by atoms with Gasteiger partial charge >= 0.3 is 0 Å². The summed E-state index contributed by atoms with van der Waals surface area (Å²) in [5.74, 6) is 0. The van der Waals surface area contributed by atoms with E-state index in [2.05, 4.69) is 19.2 Å². The van der Waals surface area contributed by atoms with Crippen molar-refractivity contribution in [2.24, 2.45) is 0 Å². The molecule has 0 aromatic heterocycles. The van der Waals surface area contributed by atoms with Crippen LogP contribution in [0.1, 0.15) is 33.1 Å². The van der Waals surface area contributed by atoms with Crippen LogP contribution >= 0.6 is 0 Å². The Morgan fingerprint density at radius 3 is 2.64 bits per heavy atom. The molecule has 0 spiro atoms. The lowest BCUT2D eigenvalue weighted by molar-refractivity contribution is -0.115. The normalized spacial score (nSPS) is 37.3. The van der Waals surface area contributed by atoms with Gasteiger partial charge in [-0.25, -0.2) is 0 Å². The first-order chi connectivity index (χ1) is 6.70. The molecule has 2 aliphatic rings. The number of ether oxygens (including phenoxy) is 2. The molecule has 2 rings (SSSR count). The van der Waals surface area contributed by atoms with Crippen molar-refractivity contribution in [2.45, 2.75) is 50.9 Å². The van der Waals surface area contributed by atoms with Crippen LogP contribution in [0.25, 0.3) is 0 Å². The summed E-state index contributed by atoms with van der Waals surface area (Å²) in [4.78, 5) is 0. The lowest BCUT2D eigenvalue weighted by atomic mass is 9.94. The minimum atomic E-state index is 0.0812. The SMILES string of the molecule is CC1OCCC1OC1(C)CCNCC1. The molecule has 0 aliphatic carbocycles. The van der Waals surface area contributed by atoms with E-state index in [0.29, 0.717) is 6.10 Å². The summed E-state index contributed by atoms with van der Waals surface area (Å²) in [5, 5.41) is 3.36. The van der Waals surface area contributed by atoms with Crippen LogP contribution in [0, 0.1) is 0 Å². The maximum Gasteiger partial charge on any atom is 0.0863 e. The predicted octanol–water partition coefficient (Wildman–Crippen LogP) is 1.32. The van der Waals surface area contributed by atoms with E-state index >= 15 is 0 Å². The molecule has 2 atom stereocenters. The molecule has 14 heavy (non-hydrogen) atoms. The van der Waals surface area contributed by atoms with E-state index in [4.69, 9.17) is 9.47 Å². The Hall–Kier alpha value is -0.120. The third kappa shape index (κ3) is 2.27. The molecular formula is C11H21NO2. The van der Waals surface area contributed by atoms with E-state index in [1.54, 1.807) is 0 Å². The van der Waals surface area contributed by atoms with E-state index in [1.165, 1.54) is 0 Å². The summed E-state index contributed by atoms with van der Waals surface area (Å²) in [5.41, 5.74) is 0.0812. The summed E-state index contributed by atoms with van der Waals surface area (Å²) >= 11 is 0. The van der Waals surface area contributed by atoms with Crippen LogP contribution in [0.15, 0.2) is 0 Å². The molecule has 0 radical (unpaired) electrons. The fourth-order valence-corrected chi connectivity index (χ4v) is 2.31. The number of hydrogen-bond donors (Lipinski definition) is 1. The van der Waals surface area contributed by atoms with Gasteiger partial charge in [0.05, 0.1) is 17.8 Å². The van der Waals surface area contributed by atoms with Crippen molar-refractivity contribution in [2.75, 3.05) is 19.7 Å². The van der Waals surface area contributed by atoms with Gasteiger partial charge in [0.1, 0.15) is 0 Å². The fraction of sp³-hybridized carbons (Fsp3) is 1.00. The van der Waals surface area contributed by atoms with Crippen LogP contribution in [0.2, 0.25) is 0 Å². The molecule has 0 aromatic carbocycles. The molecule has 2 fully saturated rings. The molecule has 1 N–H and O–H groups in total. The summed E-state index contributed by atoms with van der Waals surface area (Å²) in [6, 6.07) is 0. The third-order valence-corrected chi connectivity index (χ3v) is 3.40. The van der Waals surface area contributed by atoms with Crippen molar-refractivity contribution in [1.82, 2.24) is 5.32 Å². The minimum Gasteiger partial charge on any atom is -0.376 e. The molecule has 2 heterocycles. The van der Waals surface area contributed by atoms with Gasteiger partial charge in [-0.1, -0.05) is 0 Å². The molecule has 2 saturated heterocycles. The van der Waals surface area contributed by atoms with Crippen LogP contribution in [-0.2, 0) is 9.47 Å². The Morgan fingerprint density at radius 1 is 1.36 bits per heavy atom. The Kier molecular flexibility index (Phi) is 3.10. The highest BCUT2D eigenvalue weighted by atomic mass is 16.6. The molecule has 0 saturated carbocycles. The van der Waals surface area contributed by atoms with Gasteiger partial charge in [-0.05, 0) is 46.2 Å². The maximum atomic E-state index is 6.19. The van der Waals surface area contributed by atoms with Gasteiger partial charge in [0.2, 0.25) is 0 Å². The zero-order chi connectivity index (χ0) is 10.0. The van der Waals surface area contributed by atoms with Gasteiger partial charge in [-0.3, -0.25) is 0 Å². The molecule has 0 bridgehead atoms. The Labute approximate surface area is 86.2 Å². The Balaban J connectivity index is 1.88. The van der Waals surface area contributed by atoms with Crippen molar-refractivity contribution in [3.05, 3.63) is 0 Å². The van der Waals surface area contributed by atoms with E-state index in [-0.39, 0.29) is 11.7 Å². The van der Waals surface area contributed by atoms with Gasteiger partial charge in [-0.2, -0.15) is 0 Å². The summed E-state index contributed by atoms with van der Waals surface area (Å²) in [7, 11) is 0. The van der Waals surface area contributed by atoms with E-state index < -0.39 is 0 Å². The first-order valence-corrected chi connectivity index (χ1v) is 5.70. The van der Waals surface area contributed by atoms with Crippen LogP contribution in [0.3, 0.4) is 0 Å². The zero-order valence-corrected chi connectivity index (χ0v) is 9.21. The highest BCUT2D eigenvalue weighted by molar-refractivity contribution is 4.85. The second-order valence-corrected chi connectivity index (χ2v) is 4.72. The highest BCUT2D eigenvalue weighted by Crippen LogP contribution is 2.28. The third-order valence-electron chi connectivity index (χ3n) is 3.40. The molecule has 0 amide bonds. The van der Waals surface area contributed by atoms with Crippen molar-refractivity contribution in [1.29, 1.82) is 0 Å². The summed E-state index contributed by atoms with van der Waals surface area (Å²) < 4.78 is 11.7. The molecule has 0 aromatic rings. The highest BCUT2D eigenvalue weighted by Gasteiger charge is 2.34. The first kappa shape index (κ1) is 10.4.